The first-order valence-corrected chi connectivity index (χ1v) is 5.65. The average molecular weight is 224 g/mol. The van der Waals surface area contributed by atoms with Crippen molar-refractivity contribution in [1.82, 2.24) is 5.32 Å². The molecule has 0 bridgehead atoms. The highest BCUT2D eigenvalue weighted by Gasteiger charge is 2.04. The Balaban J connectivity index is 2.05. The van der Waals surface area contributed by atoms with Gasteiger partial charge < -0.3 is 10.1 Å². The van der Waals surface area contributed by atoms with E-state index in [1.54, 1.807) is 0 Å². The fraction of sp³-hybridized carbons (Fsp3) is 0.333. The summed E-state index contributed by atoms with van der Waals surface area (Å²) in [5.41, 5.74) is 2.54. The summed E-state index contributed by atoms with van der Waals surface area (Å²) in [5, 5.41) is 3.17. The van der Waals surface area contributed by atoms with Gasteiger partial charge in [0.15, 0.2) is 0 Å². The zero-order valence-electron chi connectivity index (χ0n) is 8.50. The SMILES string of the molecule is ClCCCOc1ccc2c(c1)C=CNC2. The van der Waals surface area contributed by atoms with Gasteiger partial charge in [0.2, 0.25) is 0 Å². The molecule has 3 heteroatoms. The van der Waals surface area contributed by atoms with E-state index in [-0.39, 0.29) is 0 Å². The largest absolute Gasteiger partial charge is 0.494 e. The lowest BCUT2D eigenvalue weighted by Gasteiger charge is -2.13. The molecule has 15 heavy (non-hydrogen) atoms. The van der Waals surface area contributed by atoms with Gasteiger partial charge in [0.1, 0.15) is 5.75 Å². The van der Waals surface area contributed by atoms with Crippen LogP contribution in [-0.4, -0.2) is 12.5 Å². The van der Waals surface area contributed by atoms with Crippen molar-refractivity contribution < 1.29 is 4.74 Å². The third-order valence-electron chi connectivity index (χ3n) is 2.34. The molecule has 0 aliphatic carbocycles. The summed E-state index contributed by atoms with van der Waals surface area (Å²) in [7, 11) is 0. The Kier molecular flexibility index (Phi) is 3.51. The Hall–Kier alpha value is -1.15. The summed E-state index contributed by atoms with van der Waals surface area (Å²) in [6.07, 6.45) is 4.91. The summed E-state index contributed by atoms with van der Waals surface area (Å²) in [4.78, 5) is 0. The Bertz CT molecular complexity index is 363. The van der Waals surface area contributed by atoms with E-state index < -0.39 is 0 Å². The van der Waals surface area contributed by atoms with Crippen LogP contribution < -0.4 is 10.1 Å². The highest BCUT2D eigenvalue weighted by atomic mass is 35.5. The van der Waals surface area contributed by atoms with E-state index in [0.29, 0.717) is 12.5 Å². The summed E-state index contributed by atoms with van der Waals surface area (Å²) < 4.78 is 5.57. The van der Waals surface area contributed by atoms with Crippen molar-refractivity contribution in [2.75, 3.05) is 12.5 Å². The number of rotatable bonds is 4. The Morgan fingerprint density at radius 2 is 2.33 bits per heavy atom. The van der Waals surface area contributed by atoms with Crippen LogP contribution in [0.3, 0.4) is 0 Å². The van der Waals surface area contributed by atoms with Crippen molar-refractivity contribution >= 4 is 17.7 Å². The van der Waals surface area contributed by atoms with Crippen molar-refractivity contribution in [1.29, 1.82) is 0 Å². The topological polar surface area (TPSA) is 21.3 Å². The number of alkyl halides is 1. The van der Waals surface area contributed by atoms with E-state index in [9.17, 15) is 0 Å². The molecule has 1 aromatic carbocycles. The second kappa shape index (κ2) is 5.08. The van der Waals surface area contributed by atoms with Crippen LogP contribution >= 0.6 is 11.6 Å². The van der Waals surface area contributed by atoms with Crippen LogP contribution in [0.15, 0.2) is 24.4 Å². The third kappa shape index (κ3) is 2.66. The Morgan fingerprint density at radius 1 is 1.40 bits per heavy atom. The second-order valence-corrected chi connectivity index (χ2v) is 3.84. The lowest BCUT2D eigenvalue weighted by Crippen LogP contribution is -2.10. The second-order valence-electron chi connectivity index (χ2n) is 3.47. The van der Waals surface area contributed by atoms with Gasteiger partial charge in [-0.2, -0.15) is 0 Å². The van der Waals surface area contributed by atoms with Crippen LogP contribution in [0.5, 0.6) is 5.75 Å². The van der Waals surface area contributed by atoms with Crippen LogP contribution in [0, 0.1) is 0 Å². The molecule has 80 valence electrons. The van der Waals surface area contributed by atoms with E-state index in [4.69, 9.17) is 16.3 Å². The molecule has 2 nitrogen and oxygen atoms in total. The van der Waals surface area contributed by atoms with Gasteiger partial charge in [-0.05, 0) is 42.0 Å². The molecule has 0 spiro atoms. The molecule has 1 heterocycles. The fourth-order valence-corrected chi connectivity index (χ4v) is 1.65. The quantitative estimate of drug-likeness (QED) is 0.626. The van der Waals surface area contributed by atoms with Crippen molar-refractivity contribution in [3.8, 4) is 5.75 Å². The lowest BCUT2D eigenvalue weighted by atomic mass is 10.1. The van der Waals surface area contributed by atoms with E-state index in [0.717, 1.165) is 18.7 Å². The molecule has 1 aliphatic rings. The van der Waals surface area contributed by atoms with Crippen LogP contribution in [0.2, 0.25) is 0 Å². The number of nitrogens with one attached hydrogen (secondary N) is 1. The summed E-state index contributed by atoms with van der Waals surface area (Å²) >= 11 is 5.58. The molecule has 1 aliphatic heterocycles. The van der Waals surface area contributed by atoms with Crippen molar-refractivity contribution in [2.24, 2.45) is 0 Å². The van der Waals surface area contributed by atoms with Gasteiger partial charge in [-0.1, -0.05) is 6.07 Å². The maximum absolute atomic E-state index is 5.58. The molecule has 0 saturated heterocycles. The third-order valence-corrected chi connectivity index (χ3v) is 2.60. The average Bonchev–Trinajstić information content (AvgIpc) is 2.29. The van der Waals surface area contributed by atoms with Gasteiger partial charge in [0, 0.05) is 12.4 Å². The van der Waals surface area contributed by atoms with Gasteiger partial charge >= 0.3 is 0 Å². The monoisotopic (exact) mass is 223 g/mol. The van der Waals surface area contributed by atoms with Gasteiger partial charge in [0.05, 0.1) is 6.61 Å². The first kappa shape index (κ1) is 10.4. The molecule has 0 saturated carbocycles. The summed E-state index contributed by atoms with van der Waals surface area (Å²) in [6.45, 7) is 1.58. The van der Waals surface area contributed by atoms with E-state index >= 15 is 0 Å². The number of hydrogen-bond acceptors (Lipinski definition) is 2. The molecule has 1 aromatic rings. The zero-order valence-corrected chi connectivity index (χ0v) is 9.26. The minimum Gasteiger partial charge on any atom is -0.494 e. The zero-order chi connectivity index (χ0) is 10.5. The maximum Gasteiger partial charge on any atom is 0.119 e. The van der Waals surface area contributed by atoms with Gasteiger partial charge in [-0.25, -0.2) is 0 Å². The molecule has 2 rings (SSSR count). The van der Waals surface area contributed by atoms with Gasteiger partial charge in [0.25, 0.3) is 0 Å². The number of halogens is 1. The van der Waals surface area contributed by atoms with Gasteiger partial charge in [-0.3, -0.25) is 0 Å². The normalized spacial score (nSPS) is 13.1. The van der Waals surface area contributed by atoms with Crippen LogP contribution in [0.1, 0.15) is 17.5 Å². The molecular formula is C12H14ClNO. The predicted molar refractivity (Wildman–Crippen MR) is 63.1 cm³/mol. The minimum atomic E-state index is 0.648. The maximum atomic E-state index is 5.58. The summed E-state index contributed by atoms with van der Waals surface area (Å²) in [6, 6.07) is 6.18. The van der Waals surface area contributed by atoms with Gasteiger partial charge in [-0.15, -0.1) is 11.6 Å². The highest BCUT2D eigenvalue weighted by Crippen LogP contribution is 2.21. The molecule has 0 atom stereocenters. The van der Waals surface area contributed by atoms with Crippen LogP contribution in [0.25, 0.3) is 6.08 Å². The van der Waals surface area contributed by atoms with E-state index in [1.165, 1.54) is 11.1 Å². The fourth-order valence-electron chi connectivity index (χ4n) is 1.54. The molecule has 1 N–H and O–H groups in total. The Labute approximate surface area is 94.9 Å². The summed E-state index contributed by atoms with van der Waals surface area (Å²) in [5.74, 6) is 1.57. The first-order valence-electron chi connectivity index (χ1n) is 5.12. The number of ether oxygens (including phenoxy) is 1. The molecule has 0 fully saturated rings. The van der Waals surface area contributed by atoms with Crippen molar-refractivity contribution in [3.63, 3.8) is 0 Å². The van der Waals surface area contributed by atoms with Crippen molar-refractivity contribution in [3.05, 3.63) is 35.5 Å². The molecule has 0 unspecified atom stereocenters. The molecular weight excluding hydrogens is 210 g/mol. The smallest absolute Gasteiger partial charge is 0.119 e. The Morgan fingerprint density at radius 3 is 3.20 bits per heavy atom. The highest BCUT2D eigenvalue weighted by molar-refractivity contribution is 6.17. The lowest BCUT2D eigenvalue weighted by molar-refractivity contribution is 0.318. The standard InChI is InChI=1S/C12H14ClNO/c13-5-1-7-15-12-3-2-11-9-14-6-4-10(11)8-12/h2-4,6,8,14H,1,5,7,9H2. The number of hydrogen-bond donors (Lipinski definition) is 1. The number of benzene rings is 1. The van der Waals surface area contributed by atoms with Crippen LogP contribution in [-0.2, 0) is 6.54 Å². The molecule has 0 aromatic heterocycles. The van der Waals surface area contributed by atoms with E-state index in [1.807, 2.05) is 12.3 Å². The predicted octanol–water partition coefficient (Wildman–Crippen LogP) is 2.77. The van der Waals surface area contributed by atoms with Crippen LogP contribution in [0.4, 0.5) is 0 Å². The molecule has 0 radical (unpaired) electrons. The number of fused-ring (bicyclic) bond motifs is 1. The van der Waals surface area contributed by atoms with Crippen molar-refractivity contribution in [2.45, 2.75) is 13.0 Å². The first-order chi connectivity index (χ1) is 7.40. The molecule has 0 amide bonds. The van der Waals surface area contributed by atoms with E-state index in [2.05, 4.69) is 23.5 Å². The minimum absolute atomic E-state index is 0.648.